The molecule has 20 heavy (non-hydrogen) atoms. The lowest BCUT2D eigenvalue weighted by Gasteiger charge is -2.29. The maximum Gasteiger partial charge on any atom is 0.141 e. The zero-order chi connectivity index (χ0) is 14.5. The molecule has 1 aromatic heterocycles. The molecule has 0 aromatic carbocycles. The lowest BCUT2D eigenvalue weighted by atomic mass is 9.85. The average Bonchev–Trinajstić information content (AvgIpc) is 2.41. The molecule has 0 aliphatic heterocycles. The largest absolute Gasteiger partial charge is 0.489 e. The number of nitrogens with two attached hydrogens (primary N) is 1. The van der Waals surface area contributed by atoms with Crippen molar-refractivity contribution in [2.75, 3.05) is 0 Å². The van der Waals surface area contributed by atoms with Crippen molar-refractivity contribution >= 4 is 0 Å². The van der Waals surface area contributed by atoms with Gasteiger partial charge in [-0.3, -0.25) is 4.98 Å². The Morgan fingerprint density at radius 2 is 2.20 bits per heavy atom. The highest BCUT2D eigenvalue weighted by Crippen LogP contribution is 2.30. The lowest BCUT2D eigenvalue weighted by Crippen LogP contribution is -2.26. The number of rotatable bonds is 5. The highest BCUT2D eigenvalue weighted by atomic mass is 16.5. The minimum atomic E-state index is 0.112. The van der Waals surface area contributed by atoms with Crippen LogP contribution in [0.25, 0.3) is 0 Å². The fraction of sp³-hybridized carbons (Fsp3) is 0.706. The van der Waals surface area contributed by atoms with Gasteiger partial charge in [0.15, 0.2) is 0 Å². The predicted molar refractivity (Wildman–Crippen MR) is 83.0 cm³/mol. The second kappa shape index (κ2) is 7.07. The van der Waals surface area contributed by atoms with Crippen molar-refractivity contribution in [2.45, 2.75) is 71.4 Å². The molecule has 0 radical (unpaired) electrons. The van der Waals surface area contributed by atoms with Gasteiger partial charge in [-0.2, -0.15) is 0 Å². The first-order valence-corrected chi connectivity index (χ1v) is 7.97. The lowest BCUT2D eigenvalue weighted by molar-refractivity contribution is 0.120. The molecule has 1 aromatic rings. The van der Waals surface area contributed by atoms with Crippen molar-refractivity contribution in [3.8, 4) is 5.75 Å². The van der Waals surface area contributed by atoms with Crippen LogP contribution < -0.4 is 10.5 Å². The summed E-state index contributed by atoms with van der Waals surface area (Å²) in [6.07, 6.45) is 7.38. The molecule has 0 bridgehead atoms. The Kier molecular flexibility index (Phi) is 5.41. The van der Waals surface area contributed by atoms with E-state index in [2.05, 4.69) is 18.0 Å². The van der Waals surface area contributed by atoms with E-state index in [1.54, 1.807) is 0 Å². The molecule has 1 heterocycles. The molecule has 1 saturated carbocycles. The molecule has 3 unspecified atom stereocenters. The van der Waals surface area contributed by atoms with E-state index >= 15 is 0 Å². The molecule has 0 amide bonds. The fourth-order valence-electron chi connectivity index (χ4n) is 3.06. The second-order valence-corrected chi connectivity index (χ2v) is 6.26. The molecule has 3 nitrogen and oxygen atoms in total. The summed E-state index contributed by atoms with van der Waals surface area (Å²) < 4.78 is 6.26. The van der Waals surface area contributed by atoms with Crippen LogP contribution in [0.4, 0.5) is 0 Å². The van der Waals surface area contributed by atoms with Crippen molar-refractivity contribution in [3.63, 3.8) is 0 Å². The van der Waals surface area contributed by atoms with Crippen LogP contribution in [0.2, 0.25) is 0 Å². The van der Waals surface area contributed by atoms with Crippen LogP contribution in [-0.4, -0.2) is 17.1 Å². The van der Waals surface area contributed by atoms with Crippen LogP contribution in [0.3, 0.4) is 0 Å². The molecule has 3 heteroatoms. The van der Waals surface area contributed by atoms with E-state index < -0.39 is 0 Å². The van der Waals surface area contributed by atoms with E-state index in [-0.39, 0.29) is 6.04 Å². The highest BCUT2D eigenvalue weighted by Gasteiger charge is 2.23. The molecule has 1 aliphatic carbocycles. The number of ether oxygens (including phenoxy) is 1. The van der Waals surface area contributed by atoms with Crippen LogP contribution in [-0.2, 0) is 6.42 Å². The van der Waals surface area contributed by atoms with E-state index in [0.717, 1.165) is 29.5 Å². The monoisotopic (exact) mass is 276 g/mol. The normalized spacial score (nSPS) is 24.4. The van der Waals surface area contributed by atoms with Crippen molar-refractivity contribution in [2.24, 2.45) is 11.7 Å². The molecule has 1 aliphatic rings. The number of aryl methyl sites for hydroxylation is 1. The summed E-state index contributed by atoms with van der Waals surface area (Å²) in [4.78, 5) is 4.61. The van der Waals surface area contributed by atoms with Crippen LogP contribution >= 0.6 is 0 Å². The van der Waals surface area contributed by atoms with Crippen LogP contribution in [0.15, 0.2) is 12.1 Å². The van der Waals surface area contributed by atoms with Gasteiger partial charge in [0.1, 0.15) is 5.75 Å². The molecule has 1 fully saturated rings. The van der Waals surface area contributed by atoms with Crippen molar-refractivity contribution < 1.29 is 4.74 Å². The number of hydrogen-bond acceptors (Lipinski definition) is 3. The minimum Gasteiger partial charge on any atom is -0.489 e. The summed E-state index contributed by atoms with van der Waals surface area (Å²) in [5, 5.41) is 0. The van der Waals surface area contributed by atoms with Gasteiger partial charge in [0.25, 0.3) is 0 Å². The third-order valence-electron chi connectivity index (χ3n) is 4.19. The first-order valence-electron chi connectivity index (χ1n) is 7.97. The summed E-state index contributed by atoms with van der Waals surface area (Å²) in [7, 11) is 0. The van der Waals surface area contributed by atoms with Crippen molar-refractivity contribution in [1.82, 2.24) is 4.98 Å². The number of pyridine rings is 1. The van der Waals surface area contributed by atoms with Gasteiger partial charge in [-0.15, -0.1) is 0 Å². The molecular formula is C17H28N2O. The van der Waals surface area contributed by atoms with Crippen molar-refractivity contribution in [3.05, 3.63) is 23.5 Å². The summed E-state index contributed by atoms with van der Waals surface area (Å²) in [5.41, 5.74) is 7.97. The van der Waals surface area contributed by atoms with Crippen LogP contribution in [0.5, 0.6) is 5.75 Å². The van der Waals surface area contributed by atoms with E-state index in [4.69, 9.17) is 10.5 Å². The Bertz CT molecular complexity index is 431. The Morgan fingerprint density at radius 3 is 2.90 bits per heavy atom. The molecule has 2 rings (SSSR count). The molecular weight excluding hydrogens is 248 g/mol. The maximum absolute atomic E-state index is 6.26. The summed E-state index contributed by atoms with van der Waals surface area (Å²) in [6, 6.07) is 4.21. The van der Waals surface area contributed by atoms with Gasteiger partial charge in [-0.25, -0.2) is 0 Å². The molecule has 3 atom stereocenters. The smallest absolute Gasteiger partial charge is 0.141 e. The van der Waals surface area contributed by atoms with Gasteiger partial charge < -0.3 is 10.5 Å². The van der Waals surface area contributed by atoms with Gasteiger partial charge in [0.2, 0.25) is 0 Å². The highest BCUT2D eigenvalue weighted by molar-refractivity contribution is 5.30. The third kappa shape index (κ3) is 4.20. The van der Waals surface area contributed by atoms with Gasteiger partial charge in [-0.05, 0) is 51.2 Å². The SMILES string of the molecule is CCC1CCCC(Oc2ccc(C)nc2CC(C)N)C1. The van der Waals surface area contributed by atoms with E-state index in [9.17, 15) is 0 Å². The van der Waals surface area contributed by atoms with Gasteiger partial charge in [0, 0.05) is 18.2 Å². The standard InChI is InChI=1S/C17H28N2O/c1-4-14-6-5-7-15(11-14)20-17-9-8-13(3)19-16(17)10-12(2)18/h8-9,12,14-15H,4-7,10-11,18H2,1-3H3. The Hall–Kier alpha value is -1.09. The van der Waals surface area contributed by atoms with Crippen molar-refractivity contribution in [1.29, 1.82) is 0 Å². The molecule has 112 valence electrons. The summed E-state index contributed by atoms with van der Waals surface area (Å²) in [5.74, 6) is 1.76. The quantitative estimate of drug-likeness (QED) is 0.893. The minimum absolute atomic E-state index is 0.112. The summed E-state index contributed by atoms with van der Waals surface area (Å²) >= 11 is 0. The number of nitrogens with zero attached hydrogens (tertiary/aromatic N) is 1. The van der Waals surface area contributed by atoms with E-state index in [1.165, 1.54) is 32.1 Å². The first-order chi connectivity index (χ1) is 9.58. The van der Waals surface area contributed by atoms with Gasteiger partial charge in [0.05, 0.1) is 11.8 Å². The molecule has 2 N–H and O–H groups in total. The Morgan fingerprint density at radius 1 is 1.40 bits per heavy atom. The molecule has 0 spiro atoms. The topological polar surface area (TPSA) is 48.1 Å². The van der Waals surface area contributed by atoms with Crippen LogP contribution in [0, 0.1) is 12.8 Å². The van der Waals surface area contributed by atoms with Crippen LogP contribution in [0.1, 0.15) is 57.3 Å². The number of hydrogen-bond donors (Lipinski definition) is 1. The summed E-state index contributed by atoms with van der Waals surface area (Å²) in [6.45, 7) is 6.31. The maximum atomic E-state index is 6.26. The van der Waals surface area contributed by atoms with E-state index in [1.807, 2.05) is 19.9 Å². The zero-order valence-electron chi connectivity index (χ0n) is 13.1. The van der Waals surface area contributed by atoms with Gasteiger partial charge >= 0.3 is 0 Å². The fourth-order valence-corrected chi connectivity index (χ4v) is 3.06. The Balaban J connectivity index is 2.07. The first kappa shape index (κ1) is 15.3. The zero-order valence-corrected chi connectivity index (χ0v) is 13.1. The van der Waals surface area contributed by atoms with E-state index in [0.29, 0.717) is 6.10 Å². The predicted octanol–water partition coefficient (Wildman–Crippen LogP) is 3.63. The average molecular weight is 276 g/mol. The Labute approximate surface area is 122 Å². The number of aromatic nitrogens is 1. The molecule has 0 saturated heterocycles. The van der Waals surface area contributed by atoms with Gasteiger partial charge in [-0.1, -0.05) is 19.8 Å². The second-order valence-electron chi connectivity index (χ2n) is 6.26. The third-order valence-corrected chi connectivity index (χ3v) is 4.19.